The molecule has 0 bridgehead atoms. The van der Waals surface area contributed by atoms with Crippen LogP contribution in [0.25, 0.3) is 11.2 Å². The van der Waals surface area contributed by atoms with Gasteiger partial charge in [0.05, 0.1) is 12.4 Å². The van der Waals surface area contributed by atoms with Gasteiger partial charge in [0.1, 0.15) is 24.7 Å². The molecule has 2 aromatic heterocycles. The Morgan fingerprint density at radius 1 is 1.50 bits per heavy atom. The van der Waals surface area contributed by atoms with Crippen LogP contribution in [-0.2, 0) is 14.3 Å². The van der Waals surface area contributed by atoms with Crippen molar-refractivity contribution in [2.45, 2.75) is 32.1 Å². The van der Waals surface area contributed by atoms with Gasteiger partial charge in [-0.1, -0.05) is 0 Å². The third-order valence-corrected chi connectivity index (χ3v) is 3.25. The molecule has 2 atom stereocenters. The Kier molecular flexibility index (Phi) is 3.23. The molecule has 8 heteroatoms. The molecule has 0 amide bonds. The monoisotopic (exact) mass is 277 g/mol. The predicted octanol–water partition coefficient (Wildman–Crippen LogP) is 0.649. The van der Waals surface area contributed by atoms with Crippen LogP contribution in [0.15, 0.2) is 12.7 Å². The Morgan fingerprint density at radius 3 is 3.15 bits per heavy atom. The Labute approximate surface area is 114 Å². The van der Waals surface area contributed by atoms with Crippen LogP contribution in [0.5, 0.6) is 0 Å². The summed E-state index contributed by atoms with van der Waals surface area (Å²) < 4.78 is 12.6. The van der Waals surface area contributed by atoms with Gasteiger partial charge in [0.15, 0.2) is 11.5 Å². The summed E-state index contributed by atoms with van der Waals surface area (Å²) in [6.45, 7) is 1.66. The number of rotatable bonds is 3. The molecule has 0 radical (unpaired) electrons. The second kappa shape index (κ2) is 5.04. The summed E-state index contributed by atoms with van der Waals surface area (Å²) in [5.74, 6) is 0.0499. The molecular formula is C12H15N5O3. The summed E-state index contributed by atoms with van der Waals surface area (Å²) in [4.78, 5) is 23.1. The molecule has 0 spiro atoms. The van der Waals surface area contributed by atoms with Gasteiger partial charge in [0.2, 0.25) is 0 Å². The number of anilines is 1. The lowest BCUT2D eigenvalue weighted by Crippen LogP contribution is -2.18. The number of nitrogens with zero attached hydrogens (tertiary/aromatic N) is 4. The third-order valence-electron chi connectivity index (χ3n) is 3.25. The molecule has 1 fully saturated rings. The molecule has 106 valence electrons. The van der Waals surface area contributed by atoms with Crippen molar-refractivity contribution in [2.24, 2.45) is 0 Å². The van der Waals surface area contributed by atoms with Crippen molar-refractivity contribution in [1.82, 2.24) is 19.5 Å². The van der Waals surface area contributed by atoms with Gasteiger partial charge < -0.3 is 15.2 Å². The molecule has 3 heterocycles. The van der Waals surface area contributed by atoms with Gasteiger partial charge in [-0.15, -0.1) is 0 Å². The van der Waals surface area contributed by atoms with E-state index in [1.165, 1.54) is 13.3 Å². The first kappa shape index (κ1) is 12.8. The molecule has 3 rings (SSSR count). The average molecular weight is 277 g/mol. The van der Waals surface area contributed by atoms with E-state index in [2.05, 4.69) is 15.0 Å². The summed E-state index contributed by atoms with van der Waals surface area (Å²) in [5, 5.41) is 0. The van der Waals surface area contributed by atoms with Crippen LogP contribution in [0, 0.1) is 0 Å². The minimum absolute atomic E-state index is 0.0967. The fourth-order valence-electron chi connectivity index (χ4n) is 2.31. The normalized spacial score (nSPS) is 22.2. The molecule has 2 aromatic rings. The van der Waals surface area contributed by atoms with Gasteiger partial charge in [-0.3, -0.25) is 9.36 Å². The van der Waals surface area contributed by atoms with Crippen LogP contribution in [0.3, 0.4) is 0 Å². The molecule has 1 saturated heterocycles. The zero-order valence-electron chi connectivity index (χ0n) is 11.0. The fraction of sp³-hybridized carbons (Fsp3) is 0.500. The van der Waals surface area contributed by atoms with E-state index in [9.17, 15) is 4.79 Å². The van der Waals surface area contributed by atoms with Crippen LogP contribution in [0.2, 0.25) is 0 Å². The highest BCUT2D eigenvalue weighted by Crippen LogP contribution is 2.30. The van der Waals surface area contributed by atoms with E-state index >= 15 is 0 Å². The van der Waals surface area contributed by atoms with Gasteiger partial charge in [0.25, 0.3) is 0 Å². The smallest absolute Gasteiger partial charge is 0.302 e. The highest BCUT2D eigenvalue weighted by Gasteiger charge is 2.28. The van der Waals surface area contributed by atoms with Crippen LogP contribution >= 0.6 is 0 Å². The molecule has 8 nitrogen and oxygen atoms in total. The van der Waals surface area contributed by atoms with Gasteiger partial charge in [-0.25, -0.2) is 15.0 Å². The maximum atomic E-state index is 10.8. The Bertz CT molecular complexity index is 641. The van der Waals surface area contributed by atoms with E-state index in [-0.39, 0.29) is 24.9 Å². The standard InChI is InChI=1S/C12H15N5O3/c1-7(18)19-4-8-2-3-9(20-8)17-6-16-10-11(13)14-5-15-12(10)17/h5-6,8-9H,2-4H2,1H3,(H2,13,14,15)/t8-,9+/m0/s1. The maximum absolute atomic E-state index is 10.8. The zero-order valence-corrected chi connectivity index (χ0v) is 11.0. The van der Waals surface area contributed by atoms with Crippen molar-refractivity contribution in [3.8, 4) is 0 Å². The van der Waals surface area contributed by atoms with E-state index in [1.54, 1.807) is 6.33 Å². The van der Waals surface area contributed by atoms with Crippen molar-refractivity contribution in [2.75, 3.05) is 12.3 Å². The Morgan fingerprint density at radius 2 is 2.35 bits per heavy atom. The molecular weight excluding hydrogens is 262 g/mol. The first-order valence-electron chi connectivity index (χ1n) is 6.37. The molecule has 0 aromatic carbocycles. The second-order valence-electron chi connectivity index (χ2n) is 4.68. The number of nitrogens with two attached hydrogens (primary N) is 1. The van der Waals surface area contributed by atoms with Gasteiger partial charge in [0, 0.05) is 6.92 Å². The summed E-state index contributed by atoms with van der Waals surface area (Å²) in [7, 11) is 0. The number of ether oxygens (including phenoxy) is 2. The van der Waals surface area contributed by atoms with Crippen molar-refractivity contribution in [1.29, 1.82) is 0 Å². The van der Waals surface area contributed by atoms with Gasteiger partial charge in [-0.05, 0) is 12.8 Å². The number of hydrogen-bond acceptors (Lipinski definition) is 7. The van der Waals surface area contributed by atoms with E-state index in [4.69, 9.17) is 15.2 Å². The quantitative estimate of drug-likeness (QED) is 0.821. The molecule has 0 unspecified atom stereocenters. The van der Waals surface area contributed by atoms with Crippen LogP contribution in [0.4, 0.5) is 5.82 Å². The minimum atomic E-state index is -0.300. The van der Waals surface area contributed by atoms with E-state index < -0.39 is 0 Å². The third kappa shape index (κ3) is 2.29. The van der Waals surface area contributed by atoms with E-state index in [1.807, 2.05) is 4.57 Å². The van der Waals surface area contributed by atoms with Crippen LogP contribution in [0.1, 0.15) is 26.0 Å². The summed E-state index contributed by atoms with van der Waals surface area (Å²) >= 11 is 0. The first-order valence-corrected chi connectivity index (χ1v) is 6.37. The topological polar surface area (TPSA) is 105 Å². The zero-order chi connectivity index (χ0) is 14.1. The number of carbonyl (C=O) groups is 1. The van der Waals surface area contributed by atoms with Crippen molar-refractivity contribution in [3.63, 3.8) is 0 Å². The van der Waals surface area contributed by atoms with E-state index in [0.717, 1.165) is 12.8 Å². The average Bonchev–Trinajstić information content (AvgIpc) is 3.02. The number of fused-ring (bicyclic) bond motifs is 1. The number of nitrogen functional groups attached to an aromatic ring is 1. The van der Waals surface area contributed by atoms with Crippen LogP contribution < -0.4 is 5.73 Å². The van der Waals surface area contributed by atoms with Crippen molar-refractivity contribution < 1.29 is 14.3 Å². The number of hydrogen-bond donors (Lipinski definition) is 1. The molecule has 2 N–H and O–H groups in total. The lowest BCUT2D eigenvalue weighted by atomic mass is 10.2. The summed E-state index contributed by atoms with van der Waals surface area (Å²) in [6.07, 6.45) is 4.41. The molecule has 0 aliphatic carbocycles. The van der Waals surface area contributed by atoms with Gasteiger partial charge >= 0.3 is 5.97 Å². The van der Waals surface area contributed by atoms with Gasteiger partial charge in [-0.2, -0.15) is 0 Å². The summed E-state index contributed by atoms with van der Waals surface area (Å²) in [5.41, 5.74) is 6.97. The minimum Gasteiger partial charge on any atom is -0.463 e. The maximum Gasteiger partial charge on any atom is 0.302 e. The Hall–Kier alpha value is -2.22. The van der Waals surface area contributed by atoms with Crippen LogP contribution in [-0.4, -0.2) is 38.2 Å². The second-order valence-corrected chi connectivity index (χ2v) is 4.68. The molecule has 0 saturated carbocycles. The lowest BCUT2D eigenvalue weighted by molar-refractivity contribution is -0.145. The molecule has 1 aliphatic heterocycles. The first-order chi connectivity index (χ1) is 9.65. The number of esters is 1. The lowest BCUT2D eigenvalue weighted by Gasteiger charge is -2.15. The number of imidazole rings is 1. The molecule has 20 heavy (non-hydrogen) atoms. The largest absolute Gasteiger partial charge is 0.463 e. The van der Waals surface area contributed by atoms with Crippen molar-refractivity contribution >= 4 is 23.0 Å². The summed E-state index contributed by atoms with van der Waals surface area (Å²) in [6, 6.07) is 0. The highest BCUT2D eigenvalue weighted by molar-refractivity contribution is 5.81. The number of aromatic nitrogens is 4. The Balaban J connectivity index is 1.76. The molecule has 1 aliphatic rings. The van der Waals surface area contributed by atoms with Crippen molar-refractivity contribution in [3.05, 3.63) is 12.7 Å². The fourth-order valence-corrected chi connectivity index (χ4v) is 2.31. The number of carbonyl (C=O) groups excluding carboxylic acids is 1. The SMILES string of the molecule is CC(=O)OC[C@@H]1CC[C@H](n2cnc3c(N)ncnc32)O1. The predicted molar refractivity (Wildman–Crippen MR) is 69.5 cm³/mol. The highest BCUT2D eigenvalue weighted by atomic mass is 16.6. The van der Waals surface area contributed by atoms with E-state index in [0.29, 0.717) is 17.0 Å².